The molecule has 15 heavy (non-hydrogen) atoms. The van der Waals surface area contributed by atoms with E-state index >= 15 is 0 Å². The average molecular weight is 315 g/mol. The zero-order chi connectivity index (χ0) is 11.3. The maximum atomic E-state index is 10.9. The molecule has 0 N–H and O–H groups in total. The second-order valence-electron chi connectivity index (χ2n) is 2.97. The Hall–Kier alpha value is -1.09. The summed E-state index contributed by atoms with van der Waals surface area (Å²) in [6.07, 6.45) is -0.491. The molecule has 3 nitrogen and oxygen atoms in total. The highest BCUT2D eigenvalue weighted by Crippen LogP contribution is 2.26. The van der Waals surface area contributed by atoms with Crippen LogP contribution in [-0.2, 0) is 9.53 Å². The zero-order valence-corrected chi connectivity index (χ0v) is 10.3. The van der Waals surface area contributed by atoms with Gasteiger partial charge in [-0.15, -0.1) is 0 Å². The van der Waals surface area contributed by atoms with Crippen LogP contribution in [-0.4, -0.2) is 9.89 Å². The molecular formula is C11H10INO2. The van der Waals surface area contributed by atoms with Crippen molar-refractivity contribution < 1.29 is 9.53 Å². The normalized spacial score (nSPS) is 13.7. The lowest BCUT2D eigenvalue weighted by Gasteiger charge is -2.17. The highest BCUT2D eigenvalue weighted by atomic mass is 127. The molecule has 0 fully saturated rings. The van der Waals surface area contributed by atoms with Crippen molar-refractivity contribution in [3.8, 4) is 6.07 Å². The molecular weight excluding hydrogens is 305 g/mol. The van der Waals surface area contributed by atoms with Crippen LogP contribution >= 0.6 is 22.6 Å². The molecule has 2 atom stereocenters. The third kappa shape index (κ3) is 3.51. The van der Waals surface area contributed by atoms with Crippen LogP contribution in [0.1, 0.15) is 18.6 Å². The minimum absolute atomic E-state index is 0.374. The molecule has 0 amide bonds. The van der Waals surface area contributed by atoms with Crippen molar-refractivity contribution in [2.45, 2.75) is 17.0 Å². The summed E-state index contributed by atoms with van der Waals surface area (Å²) >= 11 is 1.97. The maximum absolute atomic E-state index is 10.9. The van der Waals surface area contributed by atoms with Gasteiger partial charge < -0.3 is 4.74 Å². The number of carbonyl (C=O) groups is 1. The van der Waals surface area contributed by atoms with Gasteiger partial charge >= 0.3 is 5.97 Å². The van der Waals surface area contributed by atoms with Crippen molar-refractivity contribution >= 4 is 28.6 Å². The predicted molar refractivity (Wildman–Crippen MR) is 64.4 cm³/mol. The number of hydrogen-bond donors (Lipinski definition) is 0. The van der Waals surface area contributed by atoms with Gasteiger partial charge in [0.1, 0.15) is 3.92 Å². The molecule has 0 aliphatic heterocycles. The first-order valence-electron chi connectivity index (χ1n) is 4.41. The molecule has 0 radical (unpaired) electrons. The van der Waals surface area contributed by atoms with Crippen LogP contribution in [0.25, 0.3) is 0 Å². The first-order chi connectivity index (χ1) is 7.15. The standard InChI is InChI=1S/C11H10INO2/c1-8(14)15-11(10(12)7-13)9-5-3-2-4-6-9/h2-6,10-11H,1H3/t10-,11+/m0/s1. The summed E-state index contributed by atoms with van der Waals surface area (Å²) in [4.78, 5) is 10.9. The summed E-state index contributed by atoms with van der Waals surface area (Å²) in [6, 6.07) is 11.4. The zero-order valence-electron chi connectivity index (χ0n) is 8.18. The molecule has 1 aromatic carbocycles. The Labute approximate surface area is 102 Å². The third-order valence-electron chi connectivity index (χ3n) is 1.81. The smallest absolute Gasteiger partial charge is 0.303 e. The molecule has 0 saturated carbocycles. The van der Waals surface area contributed by atoms with E-state index in [9.17, 15) is 4.79 Å². The van der Waals surface area contributed by atoms with Gasteiger partial charge in [-0.1, -0.05) is 52.9 Å². The second kappa shape index (κ2) is 5.71. The summed E-state index contributed by atoms with van der Waals surface area (Å²) < 4.78 is 4.74. The van der Waals surface area contributed by atoms with Gasteiger partial charge in [0.25, 0.3) is 0 Å². The van der Waals surface area contributed by atoms with Crippen molar-refractivity contribution in [3.05, 3.63) is 35.9 Å². The third-order valence-corrected chi connectivity index (χ3v) is 2.74. The lowest BCUT2D eigenvalue weighted by molar-refractivity contribution is -0.146. The fourth-order valence-corrected chi connectivity index (χ4v) is 1.75. The summed E-state index contributed by atoms with van der Waals surface area (Å²) in [5.41, 5.74) is 0.841. The van der Waals surface area contributed by atoms with Crippen LogP contribution in [0.4, 0.5) is 0 Å². The van der Waals surface area contributed by atoms with Crippen molar-refractivity contribution in [3.63, 3.8) is 0 Å². The fourth-order valence-electron chi connectivity index (χ4n) is 1.19. The van der Waals surface area contributed by atoms with E-state index in [1.165, 1.54) is 6.92 Å². The van der Waals surface area contributed by atoms with Crippen molar-refractivity contribution in [2.24, 2.45) is 0 Å². The maximum Gasteiger partial charge on any atom is 0.303 e. The Bertz CT molecular complexity index is 372. The number of esters is 1. The lowest BCUT2D eigenvalue weighted by Crippen LogP contribution is -2.17. The van der Waals surface area contributed by atoms with Crippen LogP contribution in [0, 0.1) is 11.3 Å². The number of hydrogen-bond acceptors (Lipinski definition) is 3. The highest BCUT2D eigenvalue weighted by Gasteiger charge is 2.23. The number of benzene rings is 1. The van der Waals surface area contributed by atoms with E-state index in [0.29, 0.717) is 0 Å². The topological polar surface area (TPSA) is 50.1 Å². The average Bonchev–Trinajstić information content (AvgIpc) is 2.26. The molecule has 0 saturated heterocycles. The molecule has 1 rings (SSSR count). The van der Waals surface area contributed by atoms with E-state index in [1.807, 2.05) is 52.9 Å². The molecule has 0 aliphatic rings. The summed E-state index contributed by atoms with van der Waals surface area (Å²) in [5.74, 6) is -0.374. The highest BCUT2D eigenvalue weighted by molar-refractivity contribution is 14.1. The van der Waals surface area contributed by atoms with Crippen LogP contribution in [0.5, 0.6) is 0 Å². The number of halogens is 1. The molecule has 1 aromatic rings. The fraction of sp³-hybridized carbons (Fsp3) is 0.273. The SMILES string of the molecule is CC(=O)O[C@H](c1ccccc1)[C@@H](I)C#N. The number of nitrogens with zero attached hydrogens (tertiary/aromatic N) is 1. The Kier molecular flexibility index (Phi) is 4.56. The molecule has 0 aromatic heterocycles. The molecule has 0 heterocycles. The first-order valence-corrected chi connectivity index (χ1v) is 5.65. The predicted octanol–water partition coefficient (Wildman–Crippen LogP) is 2.62. The Morgan fingerprint density at radius 3 is 2.53 bits per heavy atom. The quantitative estimate of drug-likeness (QED) is 0.489. The van der Waals surface area contributed by atoms with Crippen molar-refractivity contribution in [2.75, 3.05) is 0 Å². The molecule has 4 heteroatoms. The molecule has 0 spiro atoms. The van der Waals surface area contributed by atoms with Crippen molar-refractivity contribution in [1.29, 1.82) is 5.26 Å². The molecule has 0 unspecified atom stereocenters. The van der Waals surface area contributed by atoms with E-state index in [0.717, 1.165) is 5.56 Å². The van der Waals surface area contributed by atoms with Gasteiger partial charge in [-0.2, -0.15) is 5.26 Å². The van der Waals surface area contributed by atoms with Gasteiger partial charge in [0.05, 0.1) is 6.07 Å². The summed E-state index contributed by atoms with van der Waals surface area (Å²) in [7, 11) is 0. The van der Waals surface area contributed by atoms with Crippen molar-refractivity contribution in [1.82, 2.24) is 0 Å². The van der Waals surface area contributed by atoms with Gasteiger partial charge in [0.15, 0.2) is 6.10 Å². The van der Waals surface area contributed by atoms with E-state index < -0.39 is 6.10 Å². The number of carbonyl (C=O) groups excluding carboxylic acids is 1. The van der Waals surface area contributed by atoms with Gasteiger partial charge in [-0.05, 0) is 5.56 Å². The molecule has 0 bridgehead atoms. The lowest BCUT2D eigenvalue weighted by atomic mass is 10.1. The van der Waals surface area contributed by atoms with Crippen LogP contribution < -0.4 is 0 Å². The monoisotopic (exact) mass is 315 g/mol. The minimum Gasteiger partial charge on any atom is -0.455 e. The van der Waals surface area contributed by atoms with E-state index in [1.54, 1.807) is 0 Å². The Morgan fingerprint density at radius 2 is 2.07 bits per heavy atom. The Balaban J connectivity index is 2.92. The first kappa shape index (κ1) is 12.0. The number of alkyl halides is 1. The van der Waals surface area contributed by atoms with Crippen LogP contribution in [0.15, 0.2) is 30.3 Å². The second-order valence-corrected chi connectivity index (χ2v) is 4.31. The number of rotatable bonds is 3. The van der Waals surface area contributed by atoms with Gasteiger partial charge in [-0.25, -0.2) is 0 Å². The molecule has 0 aliphatic carbocycles. The van der Waals surface area contributed by atoms with Gasteiger partial charge in [-0.3, -0.25) is 4.79 Å². The summed E-state index contributed by atoms with van der Waals surface area (Å²) in [6.45, 7) is 1.34. The van der Waals surface area contributed by atoms with E-state index in [4.69, 9.17) is 10.00 Å². The minimum atomic E-state index is -0.491. The van der Waals surface area contributed by atoms with Gasteiger partial charge in [0.2, 0.25) is 0 Å². The molecule has 78 valence electrons. The number of ether oxygens (including phenoxy) is 1. The number of nitriles is 1. The van der Waals surface area contributed by atoms with Gasteiger partial charge in [0, 0.05) is 6.92 Å². The van der Waals surface area contributed by atoms with Crippen LogP contribution in [0.2, 0.25) is 0 Å². The van der Waals surface area contributed by atoms with Crippen LogP contribution in [0.3, 0.4) is 0 Å². The Morgan fingerprint density at radius 1 is 1.47 bits per heavy atom. The van der Waals surface area contributed by atoms with E-state index in [2.05, 4.69) is 6.07 Å². The van der Waals surface area contributed by atoms with E-state index in [-0.39, 0.29) is 9.89 Å². The summed E-state index contributed by atoms with van der Waals surface area (Å²) in [5, 5.41) is 8.83. The largest absolute Gasteiger partial charge is 0.455 e.